The maximum absolute atomic E-state index is 13.0. The molecule has 172 valence electrons. The summed E-state index contributed by atoms with van der Waals surface area (Å²) in [7, 11) is 0. The van der Waals surface area contributed by atoms with Gasteiger partial charge in [0.25, 0.3) is 17.7 Å². The number of para-hydroxylation sites is 1. The summed E-state index contributed by atoms with van der Waals surface area (Å²) in [4.78, 5) is 39.4. The fourth-order valence-electron chi connectivity index (χ4n) is 3.34. The Hall–Kier alpha value is -3.62. The van der Waals surface area contributed by atoms with Gasteiger partial charge in [-0.3, -0.25) is 14.4 Å². The van der Waals surface area contributed by atoms with Crippen molar-refractivity contribution in [2.45, 2.75) is 6.92 Å². The number of ether oxygens (including phenoxy) is 1. The van der Waals surface area contributed by atoms with Crippen LogP contribution in [0.2, 0.25) is 0 Å². The highest BCUT2D eigenvalue weighted by Crippen LogP contribution is 2.31. The second kappa shape index (κ2) is 10.1. The van der Waals surface area contributed by atoms with E-state index in [-0.39, 0.29) is 16.6 Å². The summed E-state index contributed by atoms with van der Waals surface area (Å²) < 4.78 is 6.15. The largest absolute Gasteiger partial charge is 0.494 e. The van der Waals surface area contributed by atoms with Gasteiger partial charge in [-0.15, -0.1) is 0 Å². The summed E-state index contributed by atoms with van der Waals surface area (Å²) in [5.74, 6) is -0.941. The van der Waals surface area contributed by atoms with Crippen LogP contribution in [0.4, 0.5) is 17.1 Å². The van der Waals surface area contributed by atoms with Gasteiger partial charge in [-0.1, -0.05) is 29.8 Å². The Balaban J connectivity index is 1.52. The van der Waals surface area contributed by atoms with Gasteiger partial charge in [0, 0.05) is 15.7 Å². The second-order valence-electron chi connectivity index (χ2n) is 7.20. The van der Waals surface area contributed by atoms with Crippen LogP contribution in [0.25, 0.3) is 0 Å². The van der Waals surface area contributed by atoms with Gasteiger partial charge in [-0.2, -0.15) is 0 Å². The first kappa shape index (κ1) is 23.5. The lowest BCUT2D eigenvalue weighted by molar-refractivity contribution is -0.120. The Morgan fingerprint density at radius 1 is 1.00 bits per heavy atom. The molecule has 0 saturated heterocycles. The summed E-state index contributed by atoms with van der Waals surface area (Å²) in [6.07, 6.45) is 0. The number of rotatable bonds is 7. The summed E-state index contributed by atoms with van der Waals surface area (Å²) in [6, 6.07) is 20.4. The minimum atomic E-state index is -0.638. The first-order valence-electron chi connectivity index (χ1n) is 10.3. The number of imide groups is 1. The van der Waals surface area contributed by atoms with Crippen LogP contribution in [0.1, 0.15) is 17.3 Å². The van der Waals surface area contributed by atoms with Crippen molar-refractivity contribution >= 4 is 62.3 Å². The molecule has 3 amide bonds. The number of hydrogen-bond donors (Lipinski definition) is 2. The molecule has 3 aromatic carbocycles. The highest BCUT2D eigenvalue weighted by Gasteiger charge is 2.39. The maximum Gasteiger partial charge on any atom is 0.283 e. The van der Waals surface area contributed by atoms with Gasteiger partial charge in [0.05, 0.1) is 18.0 Å². The van der Waals surface area contributed by atoms with Gasteiger partial charge >= 0.3 is 0 Å². The zero-order chi connectivity index (χ0) is 24.2. The molecular weight excluding hydrogens is 522 g/mol. The van der Waals surface area contributed by atoms with Crippen molar-refractivity contribution in [3.05, 3.63) is 93.6 Å². The minimum Gasteiger partial charge on any atom is -0.494 e. The van der Waals surface area contributed by atoms with E-state index in [1.54, 1.807) is 54.6 Å². The summed E-state index contributed by atoms with van der Waals surface area (Å²) >= 11 is 9.62. The normalized spacial score (nSPS) is 13.3. The molecule has 7 nitrogen and oxygen atoms in total. The molecular formula is C25H19BrClN3O4. The van der Waals surface area contributed by atoms with E-state index in [4.69, 9.17) is 16.3 Å². The fraction of sp³-hybridized carbons (Fsp3) is 0.0800. The van der Waals surface area contributed by atoms with Crippen LogP contribution in [-0.2, 0) is 9.59 Å². The molecule has 0 aliphatic carbocycles. The number of hydrogen-bond acceptors (Lipinski definition) is 5. The van der Waals surface area contributed by atoms with E-state index < -0.39 is 11.8 Å². The molecule has 4 rings (SSSR count). The number of nitrogens with one attached hydrogen (secondary N) is 2. The Morgan fingerprint density at radius 2 is 1.74 bits per heavy atom. The van der Waals surface area contributed by atoms with E-state index in [0.29, 0.717) is 35.0 Å². The Labute approximate surface area is 209 Å². The highest BCUT2D eigenvalue weighted by molar-refractivity contribution is 9.10. The number of amides is 3. The molecule has 1 aliphatic rings. The van der Waals surface area contributed by atoms with Gasteiger partial charge < -0.3 is 15.4 Å². The topological polar surface area (TPSA) is 87.7 Å². The van der Waals surface area contributed by atoms with Crippen molar-refractivity contribution in [1.82, 2.24) is 0 Å². The van der Waals surface area contributed by atoms with Crippen molar-refractivity contribution in [2.75, 3.05) is 22.1 Å². The third kappa shape index (κ3) is 4.83. The van der Waals surface area contributed by atoms with Gasteiger partial charge in [-0.05, 0) is 77.5 Å². The number of carbonyl (C=O) groups is 3. The van der Waals surface area contributed by atoms with Crippen molar-refractivity contribution in [3.63, 3.8) is 0 Å². The zero-order valence-electron chi connectivity index (χ0n) is 18.0. The number of anilines is 3. The molecule has 3 aromatic rings. The van der Waals surface area contributed by atoms with E-state index >= 15 is 0 Å². The average molecular weight is 541 g/mol. The molecule has 0 spiro atoms. The van der Waals surface area contributed by atoms with Crippen molar-refractivity contribution < 1.29 is 19.1 Å². The lowest BCUT2D eigenvalue weighted by Crippen LogP contribution is -2.32. The average Bonchev–Trinajstić information content (AvgIpc) is 3.04. The van der Waals surface area contributed by atoms with Crippen LogP contribution in [0.15, 0.2) is 88.0 Å². The molecule has 34 heavy (non-hydrogen) atoms. The minimum absolute atomic E-state index is 0.0658. The monoisotopic (exact) mass is 539 g/mol. The highest BCUT2D eigenvalue weighted by atomic mass is 79.9. The van der Waals surface area contributed by atoms with Gasteiger partial charge in [-0.25, -0.2) is 4.90 Å². The van der Waals surface area contributed by atoms with Gasteiger partial charge in [0.2, 0.25) is 0 Å². The molecule has 0 atom stereocenters. The van der Waals surface area contributed by atoms with Crippen LogP contribution >= 0.6 is 27.5 Å². The van der Waals surface area contributed by atoms with Crippen LogP contribution in [0.5, 0.6) is 5.75 Å². The molecule has 0 radical (unpaired) electrons. The molecule has 0 aromatic heterocycles. The summed E-state index contributed by atoms with van der Waals surface area (Å²) in [6.45, 7) is 2.37. The van der Waals surface area contributed by atoms with Gasteiger partial charge in [0.1, 0.15) is 16.5 Å². The van der Waals surface area contributed by atoms with Crippen LogP contribution in [0.3, 0.4) is 0 Å². The SMILES string of the molecule is CCOc1ccc(N2C(=O)C(Cl)=C(Nc3cccc(C(=O)Nc4ccccc4Br)c3)C2=O)cc1. The smallest absolute Gasteiger partial charge is 0.283 e. The third-order valence-electron chi connectivity index (χ3n) is 4.95. The molecule has 0 unspecified atom stereocenters. The molecule has 0 fully saturated rings. The van der Waals surface area contributed by atoms with E-state index in [0.717, 1.165) is 9.37 Å². The lowest BCUT2D eigenvalue weighted by atomic mass is 10.1. The predicted molar refractivity (Wildman–Crippen MR) is 135 cm³/mol. The van der Waals surface area contributed by atoms with E-state index in [9.17, 15) is 14.4 Å². The van der Waals surface area contributed by atoms with Gasteiger partial charge in [0.15, 0.2) is 0 Å². The van der Waals surface area contributed by atoms with Crippen LogP contribution in [0, 0.1) is 0 Å². The maximum atomic E-state index is 13.0. The fourth-order valence-corrected chi connectivity index (χ4v) is 3.94. The second-order valence-corrected chi connectivity index (χ2v) is 8.43. The Kier molecular flexibility index (Phi) is 7.00. The lowest BCUT2D eigenvalue weighted by Gasteiger charge is -2.16. The van der Waals surface area contributed by atoms with Crippen molar-refractivity contribution in [1.29, 1.82) is 0 Å². The molecule has 1 heterocycles. The van der Waals surface area contributed by atoms with E-state index in [1.165, 1.54) is 0 Å². The van der Waals surface area contributed by atoms with E-state index in [2.05, 4.69) is 26.6 Å². The summed E-state index contributed by atoms with van der Waals surface area (Å²) in [5.41, 5.74) is 1.72. The zero-order valence-corrected chi connectivity index (χ0v) is 20.3. The molecule has 0 saturated carbocycles. The Morgan fingerprint density at radius 3 is 2.44 bits per heavy atom. The predicted octanol–water partition coefficient (Wildman–Crippen LogP) is 5.54. The first-order chi connectivity index (χ1) is 16.4. The first-order valence-corrected chi connectivity index (χ1v) is 11.5. The third-order valence-corrected chi connectivity index (χ3v) is 5.99. The number of halogens is 2. The number of carbonyl (C=O) groups excluding carboxylic acids is 3. The molecule has 1 aliphatic heterocycles. The van der Waals surface area contributed by atoms with Crippen molar-refractivity contribution in [3.8, 4) is 5.75 Å². The molecule has 2 N–H and O–H groups in total. The summed E-state index contributed by atoms with van der Waals surface area (Å²) in [5, 5.41) is 5.48. The van der Waals surface area contributed by atoms with Crippen LogP contribution in [-0.4, -0.2) is 24.3 Å². The Bertz CT molecular complexity index is 1310. The van der Waals surface area contributed by atoms with E-state index in [1.807, 2.05) is 25.1 Å². The molecule has 9 heteroatoms. The number of nitrogens with zero attached hydrogens (tertiary/aromatic N) is 1. The van der Waals surface area contributed by atoms with Crippen LogP contribution < -0.4 is 20.3 Å². The molecule has 0 bridgehead atoms. The quantitative estimate of drug-likeness (QED) is 0.385. The standard InChI is InChI=1S/C25H19BrClN3O4/c1-2-34-18-12-10-17(11-13-18)30-24(32)21(27)22(25(30)33)28-16-7-5-6-15(14-16)23(31)29-20-9-4-3-8-19(20)26/h3-14,28H,2H2,1H3,(H,29,31). The van der Waals surface area contributed by atoms with Crippen molar-refractivity contribution in [2.24, 2.45) is 0 Å². The number of benzene rings is 3.